The number of hydrogen-bond donors (Lipinski definition) is 1. The monoisotopic (exact) mass is 416 g/mol. The quantitative estimate of drug-likeness (QED) is 0.716. The van der Waals surface area contributed by atoms with Gasteiger partial charge >= 0.3 is 0 Å². The Balaban J connectivity index is 1.54. The fourth-order valence-electron chi connectivity index (χ4n) is 3.43. The summed E-state index contributed by atoms with van der Waals surface area (Å²) < 4.78 is 31.3. The Hall–Kier alpha value is -2.38. The van der Waals surface area contributed by atoms with Crippen molar-refractivity contribution in [2.24, 2.45) is 5.92 Å². The number of para-hydroxylation sites is 2. The number of nitrogens with one attached hydrogen (secondary N) is 1. The van der Waals surface area contributed by atoms with Gasteiger partial charge in [0.1, 0.15) is 5.75 Å². The summed E-state index contributed by atoms with van der Waals surface area (Å²) in [5, 5.41) is 2.96. The largest absolute Gasteiger partial charge is 0.491 e. The highest BCUT2D eigenvalue weighted by Gasteiger charge is 2.30. The predicted molar refractivity (Wildman–Crippen MR) is 114 cm³/mol. The molecule has 0 unspecified atom stereocenters. The summed E-state index contributed by atoms with van der Waals surface area (Å²) in [7, 11) is -3.19. The van der Waals surface area contributed by atoms with Gasteiger partial charge in [0.25, 0.3) is 0 Å². The molecule has 2 aromatic rings. The van der Waals surface area contributed by atoms with Crippen LogP contribution in [-0.4, -0.2) is 44.1 Å². The van der Waals surface area contributed by atoms with Crippen LogP contribution in [0.2, 0.25) is 0 Å². The second kappa shape index (κ2) is 9.89. The highest BCUT2D eigenvalue weighted by Crippen LogP contribution is 2.27. The van der Waals surface area contributed by atoms with Crippen LogP contribution in [0.1, 0.15) is 25.3 Å². The maximum Gasteiger partial charge on any atom is 0.227 e. The molecule has 1 N–H and O–H groups in total. The lowest BCUT2D eigenvalue weighted by Gasteiger charge is -2.30. The van der Waals surface area contributed by atoms with Crippen molar-refractivity contribution in [3.8, 4) is 5.75 Å². The van der Waals surface area contributed by atoms with Crippen molar-refractivity contribution < 1.29 is 17.9 Å². The highest BCUT2D eigenvalue weighted by atomic mass is 32.2. The van der Waals surface area contributed by atoms with Gasteiger partial charge in [-0.1, -0.05) is 42.5 Å². The Bertz CT molecular complexity index is 907. The Morgan fingerprint density at radius 1 is 1.07 bits per heavy atom. The van der Waals surface area contributed by atoms with E-state index in [2.05, 4.69) is 17.4 Å². The molecule has 1 aliphatic rings. The maximum absolute atomic E-state index is 12.7. The molecule has 0 saturated carbocycles. The minimum atomic E-state index is -3.19. The fraction of sp³-hybridized carbons (Fsp3) is 0.409. The second-order valence-electron chi connectivity index (χ2n) is 7.14. The van der Waals surface area contributed by atoms with Crippen molar-refractivity contribution in [1.82, 2.24) is 4.31 Å². The normalized spacial score (nSPS) is 15.8. The third kappa shape index (κ3) is 5.81. The van der Waals surface area contributed by atoms with Crippen LogP contribution in [0.5, 0.6) is 5.75 Å². The summed E-state index contributed by atoms with van der Waals surface area (Å²) in [5.41, 5.74) is 1.84. The van der Waals surface area contributed by atoms with Gasteiger partial charge < -0.3 is 10.1 Å². The van der Waals surface area contributed by atoms with Crippen LogP contribution in [-0.2, 0) is 21.2 Å². The van der Waals surface area contributed by atoms with Crippen LogP contribution >= 0.6 is 0 Å². The van der Waals surface area contributed by atoms with E-state index in [4.69, 9.17) is 4.74 Å². The van der Waals surface area contributed by atoms with Gasteiger partial charge in [0, 0.05) is 25.4 Å². The number of carbonyl (C=O) groups excluding carboxylic acids is 1. The summed E-state index contributed by atoms with van der Waals surface area (Å²) in [4.78, 5) is 12.7. The highest BCUT2D eigenvalue weighted by molar-refractivity contribution is 7.89. The molecule has 1 fully saturated rings. The lowest BCUT2D eigenvalue weighted by atomic mass is 9.97. The number of rotatable bonds is 8. The zero-order chi connectivity index (χ0) is 20.7. The molecule has 0 atom stereocenters. The number of ether oxygens (including phenoxy) is 1. The van der Waals surface area contributed by atoms with Crippen LogP contribution in [0, 0.1) is 5.92 Å². The average Bonchev–Trinajstić information content (AvgIpc) is 2.76. The first-order valence-electron chi connectivity index (χ1n) is 10.0. The van der Waals surface area contributed by atoms with Gasteiger partial charge in [0.05, 0.1) is 18.0 Å². The molecule has 0 spiro atoms. The van der Waals surface area contributed by atoms with Crippen molar-refractivity contribution in [1.29, 1.82) is 0 Å². The molecule has 0 aromatic heterocycles. The van der Waals surface area contributed by atoms with Crippen molar-refractivity contribution >= 4 is 21.6 Å². The molecular weight excluding hydrogens is 388 g/mol. The van der Waals surface area contributed by atoms with Crippen molar-refractivity contribution in [2.45, 2.75) is 26.2 Å². The van der Waals surface area contributed by atoms with Crippen molar-refractivity contribution in [3.63, 3.8) is 0 Å². The first-order chi connectivity index (χ1) is 14.0. The van der Waals surface area contributed by atoms with Crippen molar-refractivity contribution in [3.05, 3.63) is 60.2 Å². The summed E-state index contributed by atoms with van der Waals surface area (Å²) in [6, 6.07) is 17.5. The van der Waals surface area contributed by atoms with Gasteiger partial charge in [-0.25, -0.2) is 12.7 Å². The van der Waals surface area contributed by atoms with Gasteiger partial charge in [-0.05, 0) is 37.5 Å². The van der Waals surface area contributed by atoms with Crippen LogP contribution < -0.4 is 10.1 Å². The zero-order valence-electron chi connectivity index (χ0n) is 16.7. The number of nitrogens with zero attached hydrogens (tertiary/aromatic N) is 1. The van der Waals surface area contributed by atoms with E-state index in [0.717, 1.165) is 6.42 Å². The van der Waals surface area contributed by atoms with Gasteiger partial charge in [0.15, 0.2) is 0 Å². The molecule has 1 heterocycles. The number of hydrogen-bond acceptors (Lipinski definition) is 4. The molecule has 0 aliphatic carbocycles. The molecule has 156 valence electrons. The Labute approximate surface area is 172 Å². The molecule has 3 rings (SSSR count). The molecule has 0 bridgehead atoms. The lowest BCUT2D eigenvalue weighted by molar-refractivity contribution is -0.120. The smallest absolute Gasteiger partial charge is 0.227 e. The van der Waals surface area contributed by atoms with E-state index < -0.39 is 10.0 Å². The zero-order valence-corrected chi connectivity index (χ0v) is 17.5. The standard InChI is InChI=1S/C22H28N2O4S/c1-2-29(26,27)24-15-12-19(13-16-24)22(25)23-20-10-6-7-11-21(20)28-17-14-18-8-4-3-5-9-18/h3-11,19H,2,12-17H2,1H3,(H,23,25). The van der Waals surface area contributed by atoms with E-state index in [0.29, 0.717) is 44.0 Å². The first-order valence-corrected chi connectivity index (χ1v) is 11.6. The third-order valence-electron chi connectivity index (χ3n) is 5.22. The first kappa shape index (κ1) is 21.3. The van der Waals surface area contributed by atoms with E-state index in [1.54, 1.807) is 6.92 Å². The Kier molecular flexibility index (Phi) is 7.28. The summed E-state index contributed by atoms with van der Waals surface area (Å²) in [6.07, 6.45) is 1.84. The maximum atomic E-state index is 12.7. The molecule has 1 saturated heterocycles. The molecule has 2 aromatic carbocycles. The Morgan fingerprint density at radius 3 is 2.41 bits per heavy atom. The predicted octanol–water partition coefficient (Wildman–Crippen LogP) is 3.31. The molecule has 29 heavy (non-hydrogen) atoms. The molecule has 6 nitrogen and oxygen atoms in total. The number of piperidine rings is 1. The van der Waals surface area contributed by atoms with Gasteiger partial charge in [-0.3, -0.25) is 4.79 Å². The van der Waals surface area contributed by atoms with E-state index in [9.17, 15) is 13.2 Å². The summed E-state index contributed by atoms with van der Waals surface area (Å²) >= 11 is 0. The molecular formula is C22H28N2O4S. The number of benzene rings is 2. The number of amides is 1. The van der Waals surface area contributed by atoms with Crippen LogP contribution in [0.4, 0.5) is 5.69 Å². The average molecular weight is 417 g/mol. The molecule has 0 radical (unpaired) electrons. The number of carbonyl (C=O) groups is 1. The second-order valence-corrected chi connectivity index (χ2v) is 9.40. The van der Waals surface area contributed by atoms with Gasteiger partial charge in [-0.15, -0.1) is 0 Å². The number of anilines is 1. The minimum absolute atomic E-state index is 0.0855. The fourth-order valence-corrected chi connectivity index (χ4v) is 4.57. The Morgan fingerprint density at radius 2 is 1.72 bits per heavy atom. The van der Waals surface area contributed by atoms with Gasteiger partial charge in [0.2, 0.25) is 15.9 Å². The lowest BCUT2D eigenvalue weighted by Crippen LogP contribution is -2.42. The minimum Gasteiger partial charge on any atom is -0.491 e. The van der Waals surface area contributed by atoms with E-state index >= 15 is 0 Å². The van der Waals surface area contributed by atoms with E-state index in [1.165, 1.54) is 9.87 Å². The summed E-state index contributed by atoms with van der Waals surface area (Å²) in [6.45, 7) is 2.94. The summed E-state index contributed by atoms with van der Waals surface area (Å²) in [5.74, 6) is 0.452. The molecule has 1 amide bonds. The van der Waals surface area contributed by atoms with E-state index in [1.807, 2.05) is 42.5 Å². The van der Waals surface area contributed by atoms with Crippen LogP contribution in [0.15, 0.2) is 54.6 Å². The third-order valence-corrected chi connectivity index (χ3v) is 7.10. The van der Waals surface area contributed by atoms with E-state index in [-0.39, 0.29) is 17.6 Å². The van der Waals surface area contributed by atoms with Crippen molar-refractivity contribution in [2.75, 3.05) is 30.8 Å². The topological polar surface area (TPSA) is 75.7 Å². The number of sulfonamides is 1. The molecule has 1 aliphatic heterocycles. The SMILES string of the molecule is CCS(=O)(=O)N1CCC(C(=O)Nc2ccccc2OCCc2ccccc2)CC1. The molecule has 7 heteroatoms. The van der Waals surface area contributed by atoms with Crippen LogP contribution in [0.25, 0.3) is 0 Å². The van der Waals surface area contributed by atoms with Gasteiger partial charge in [-0.2, -0.15) is 0 Å². The van der Waals surface area contributed by atoms with Crippen LogP contribution in [0.3, 0.4) is 0 Å².